The molecule has 0 bridgehead atoms. The lowest BCUT2D eigenvalue weighted by Gasteiger charge is -2.19. The van der Waals surface area contributed by atoms with Gasteiger partial charge in [-0.25, -0.2) is 4.98 Å². The minimum absolute atomic E-state index is 0.121. The van der Waals surface area contributed by atoms with Crippen molar-refractivity contribution in [3.63, 3.8) is 0 Å². The largest absolute Gasteiger partial charge is 0.392 e. The number of rotatable bonds is 4. The Balaban J connectivity index is 0.000000431. The lowest BCUT2D eigenvalue weighted by atomic mass is 9.87. The molecule has 0 radical (unpaired) electrons. The number of allylic oxidation sites excluding steroid dienone is 2. The minimum Gasteiger partial charge on any atom is -0.392 e. The number of hydrogen-bond acceptors (Lipinski definition) is 3. The molecular formula is C24H34N4O. The topological polar surface area (TPSA) is 69.8 Å². The predicted octanol–water partition coefficient (Wildman–Crippen LogP) is 4.57. The Morgan fingerprint density at radius 1 is 1.31 bits per heavy atom. The second-order valence-corrected chi connectivity index (χ2v) is 8.47. The molecule has 2 aromatic rings. The molecule has 5 nitrogen and oxygen atoms in total. The van der Waals surface area contributed by atoms with E-state index in [0.29, 0.717) is 0 Å². The smallest absolute Gasteiger partial charge is 0.223 e. The van der Waals surface area contributed by atoms with Gasteiger partial charge in [-0.05, 0) is 80.8 Å². The monoisotopic (exact) mass is 394 g/mol. The molecule has 0 spiro atoms. The van der Waals surface area contributed by atoms with E-state index in [1.807, 2.05) is 14.0 Å². The zero-order chi connectivity index (χ0) is 20.8. The first-order valence-corrected chi connectivity index (χ1v) is 10.7. The number of benzene rings is 1. The Labute approximate surface area is 174 Å². The third kappa shape index (κ3) is 5.96. The predicted molar refractivity (Wildman–Crippen MR) is 120 cm³/mol. The maximum absolute atomic E-state index is 11.8. The quantitative estimate of drug-likeness (QED) is 0.711. The molecule has 2 heterocycles. The van der Waals surface area contributed by atoms with Crippen LogP contribution in [0.15, 0.2) is 36.0 Å². The van der Waals surface area contributed by atoms with Crippen molar-refractivity contribution in [2.75, 3.05) is 13.6 Å². The Bertz CT molecular complexity index is 885. The first kappa shape index (κ1) is 21.2. The first-order valence-electron chi connectivity index (χ1n) is 10.7. The van der Waals surface area contributed by atoms with E-state index in [9.17, 15) is 4.79 Å². The van der Waals surface area contributed by atoms with Gasteiger partial charge in [-0.3, -0.25) is 4.79 Å². The molecule has 1 unspecified atom stereocenters. The zero-order valence-electron chi connectivity index (χ0n) is 18.0. The van der Waals surface area contributed by atoms with Crippen molar-refractivity contribution in [1.29, 1.82) is 0 Å². The third-order valence-electron chi connectivity index (χ3n) is 5.89. The van der Waals surface area contributed by atoms with Crippen LogP contribution < -0.4 is 10.6 Å². The highest BCUT2D eigenvalue weighted by atomic mass is 16.2. The summed E-state index contributed by atoms with van der Waals surface area (Å²) in [6.45, 7) is 8.63. The van der Waals surface area contributed by atoms with Crippen molar-refractivity contribution < 1.29 is 4.79 Å². The molecule has 2 aliphatic rings. The number of nitrogens with zero attached hydrogens (tertiary/aromatic N) is 1. The van der Waals surface area contributed by atoms with Gasteiger partial charge in [0.15, 0.2) is 0 Å². The summed E-state index contributed by atoms with van der Waals surface area (Å²) in [7, 11) is 1.85. The highest BCUT2D eigenvalue weighted by Crippen LogP contribution is 2.29. The van der Waals surface area contributed by atoms with Gasteiger partial charge in [-0.2, -0.15) is 0 Å². The number of carbonyl (C=O) groups is 1. The van der Waals surface area contributed by atoms with Crippen LogP contribution in [0, 0.1) is 11.8 Å². The van der Waals surface area contributed by atoms with Gasteiger partial charge in [0, 0.05) is 19.5 Å². The summed E-state index contributed by atoms with van der Waals surface area (Å²) < 4.78 is 0. The zero-order valence-corrected chi connectivity index (χ0v) is 18.0. The first-order chi connectivity index (χ1) is 13.9. The van der Waals surface area contributed by atoms with Crippen molar-refractivity contribution in [2.45, 2.75) is 52.4 Å². The van der Waals surface area contributed by atoms with Crippen molar-refractivity contribution >= 4 is 23.0 Å². The molecule has 5 heteroatoms. The Morgan fingerprint density at radius 3 is 2.66 bits per heavy atom. The van der Waals surface area contributed by atoms with E-state index >= 15 is 0 Å². The van der Waals surface area contributed by atoms with Crippen molar-refractivity contribution in [2.24, 2.45) is 11.8 Å². The van der Waals surface area contributed by atoms with Crippen LogP contribution >= 0.6 is 0 Å². The third-order valence-corrected chi connectivity index (χ3v) is 5.89. The van der Waals surface area contributed by atoms with E-state index in [0.717, 1.165) is 47.9 Å². The van der Waals surface area contributed by atoms with E-state index in [-0.39, 0.29) is 11.8 Å². The molecule has 1 saturated heterocycles. The number of aromatic nitrogens is 2. The molecule has 3 N–H and O–H groups in total. The van der Waals surface area contributed by atoms with Crippen LogP contribution in [-0.4, -0.2) is 29.5 Å². The average Bonchev–Trinajstić information content (AvgIpc) is 3.29. The molecule has 1 aromatic carbocycles. The second-order valence-electron chi connectivity index (χ2n) is 8.47. The van der Waals surface area contributed by atoms with Gasteiger partial charge in [-0.15, -0.1) is 0 Å². The molecule has 29 heavy (non-hydrogen) atoms. The van der Waals surface area contributed by atoms with Gasteiger partial charge in [0.2, 0.25) is 5.91 Å². The fraction of sp³-hybridized carbons (Fsp3) is 0.500. The molecule has 2 fully saturated rings. The van der Waals surface area contributed by atoms with Crippen molar-refractivity contribution in [3.8, 4) is 0 Å². The molecule has 1 atom stereocenters. The molecule has 1 amide bonds. The molecule has 1 aromatic heterocycles. The summed E-state index contributed by atoms with van der Waals surface area (Å²) in [5.74, 6) is 2.13. The molecule has 1 aliphatic carbocycles. The van der Waals surface area contributed by atoms with E-state index in [4.69, 9.17) is 4.98 Å². The second kappa shape index (κ2) is 9.77. The number of nitrogens with one attached hydrogen (secondary N) is 3. The van der Waals surface area contributed by atoms with E-state index in [1.165, 1.54) is 36.8 Å². The Hall–Kier alpha value is -2.56. The maximum atomic E-state index is 11.8. The summed E-state index contributed by atoms with van der Waals surface area (Å²) in [5.41, 5.74) is 5.80. The van der Waals surface area contributed by atoms with Gasteiger partial charge in [0.05, 0.1) is 11.0 Å². The number of H-pyrrole nitrogens is 1. The molecular weight excluding hydrogens is 360 g/mol. The summed E-state index contributed by atoms with van der Waals surface area (Å²) in [6.07, 6.45) is 8.96. The highest BCUT2D eigenvalue weighted by molar-refractivity contribution is 5.81. The van der Waals surface area contributed by atoms with Gasteiger partial charge in [0.1, 0.15) is 5.82 Å². The average molecular weight is 395 g/mol. The number of fused-ring (bicyclic) bond motifs is 1. The van der Waals surface area contributed by atoms with E-state index in [2.05, 4.69) is 53.4 Å². The van der Waals surface area contributed by atoms with Crippen LogP contribution in [0.3, 0.4) is 0 Å². The van der Waals surface area contributed by atoms with Crippen LogP contribution in [0.2, 0.25) is 0 Å². The summed E-state index contributed by atoms with van der Waals surface area (Å²) in [4.78, 5) is 19.9. The number of imidazole rings is 1. The number of amides is 1. The van der Waals surface area contributed by atoms with Gasteiger partial charge < -0.3 is 15.6 Å². The van der Waals surface area contributed by atoms with E-state index < -0.39 is 0 Å². The van der Waals surface area contributed by atoms with Gasteiger partial charge in [0.25, 0.3) is 0 Å². The summed E-state index contributed by atoms with van der Waals surface area (Å²) in [6, 6.07) is 6.33. The number of aromatic amines is 1. The highest BCUT2D eigenvalue weighted by Gasteiger charge is 2.24. The van der Waals surface area contributed by atoms with Crippen LogP contribution in [0.1, 0.15) is 57.3 Å². The van der Waals surface area contributed by atoms with Crippen molar-refractivity contribution in [1.82, 2.24) is 20.6 Å². The lowest BCUT2D eigenvalue weighted by molar-refractivity contribution is -0.122. The van der Waals surface area contributed by atoms with Crippen LogP contribution in [0.4, 0.5) is 0 Å². The Morgan fingerprint density at radius 2 is 2.03 bits per heavy atom. The normalized spacial score (nSPS) is 21.3. The van der Waals surface area contributed by atoms with Gasteiger partial charge >= 0.3 is 0 Å². The number of carbonyl (C=O) groups excluding carboxylic acids is 1. The molecule has 156 valence electrons. The fourth-order valence-electron chi connectivity index (χ4n) is 3.87. The fourth-order valence-corrected chi connectivity index (χ4v) is 3.87. The SMILES string of the molecule is C=C(C)NC.CC1CCC(=Cc2nc3ccc(CC4CCNC4=O)cc3[nH]2)CC1. The molecule has 4 rings (SSSR count). The Kier molecular flexibility index (Phi) is 7.13. The standard InChI is InChI=1S/C20H25N3O.C4H9N/c1-13-2-4-14(5-3-13)12-19-22-17-7-6-15(11-18(17)23-19)10-16-8-9-21-20(16)24;1-4(2)5-3/h6-7,11-13,16H,2-5,8-10H2,1H3,(H,21,24)(H,22,23);5H,1H2,2-3H3. The lowest BCUT2D eigenvalue weighted by Crippen LogP contribution is -2.20. The molecule has 1 aliphatic heterocycles. The minimum atomic E-state index is 0.121. The van der Waals surface area contributed by atoms with Crippen LogP contribution in [0.25, 0.3) is 17.1 Å². The summed E-state index contributed by atoms with van der Waals surface area (Å²) in [5, 5.41) is 5.75. The summed E-state index contributed by atoms with van der Waals surface area (Å²) >= 11 is 0. The number of hydrogen-bond donors (Lipinski definition) is 3. The van der Waals surface area contributed by atoms with Gasteiger partial charge in [-0.1, -0.05) is 25.1 Å². The maximum Gasteiger partial charge on any atom is 0.223 e. The van der Waals surface area contributed by atoms with E-state index in [1.54, 1.807) is 0 Å². The van der Waals surface area contributed by atoms with Crippen LogP contribution in [-0.2, 0) is 11.2 Å². The van der Waals surface area contributed by atoms with Crippen molar-refractivity contribution in [3.05, 3.63) is 47.4 Å². The van der Waals surface area contributed by atoms with Crippen LogP contribution in [0.5, 0.6) is 0 Å². The molecule has 1 saturated carbocycles.